The fraction of sp³-hybridized carbons (Fsp3) is 0.158. The first-order chi connectivity index (χ1) is 11.1. The van der Waals surface area contributed by atoms with Gasteiger partial charge in [-0.15, -0.1) is 0 Å². The van der Waals surface area contributed by atoms with Gasteiger partial charge in [0.1, 0.15) is 5.75 Å². The van der Waals surface area contributed by atoms with Crippen molar-refractivity contribution in [2.24, 2.45) is 4.99 Å². The number of cyclic esters (lactones) is 1. The Morgan fingerprint density at radius 1 is 1.04 bits per heavy atom. The Labute approximate surface area is 135 Å². The lowest BCUT2D eigenvalue weighted by atomic mass is 10.2. The molecule has 3 rings (SSSR count). The van der Waals surface area contributed by atoms with Crippen molar-refractivity contribution in [3.8, 4) is 5.75 Å². The van der Waals surface area contributed by atoms with E-state index in [-0.39, 0.29) is 6.10 Å². The van der Waals surface area contributed by atoms with E-state index in [1.54, 1.807) is 6.08 Å². The SMILES string of the molecule is CC(C)Oc1ccc(/C=C2/N=C(c3ccccc3)OC2=O)cc1. The molecule has 0 saturated heterocycles. The van der Waals surface area contributed by atoms with Crippen molar-refractivity contribution in [2.45, 2.75) is 20.0 Å². The summed E-state index contributed by atoms with van der Waals surface area (Å²) in [5.74, 6) is 0.692. The summed E-state index contributed by atoms with van der Waals surface area (Å²) < 4.78 is 10.8. The van der Waals surface area contributed by atoms with E-state index in [4.69, 9.17) is 9.47 Å². The van der Waals surface area contributed by atoms with Crippen LogP contribution in [-0.4, -0.2) is 18.0 Å². The van der Waals surface area contributed by atoms with Crippen molar-refractivity contribution in [3.63, 3.8) is 0 Å². The van der Waals surface area contributed by atoms with Crippen LogP contribution in [0.4, 0.5) is 0 Å². The molecule has 0 atom stereocenters. The molecule has 1 aliphatic rings. The molecule has 116 valence electrons. The number of aliphatic imine (C=N–C) groups is 1. The smallest absolute Gasteiger partial charge is 0.363 e. The third kappa shape index (κ3) is 3.66. The second kappa shape index (κ2) is 6.48. The Morgan fingerprint density at radius 2 is 1.74 bits per heavy atom. The zero-order valence-electron chi connectivity index (χ0n) is 13.0. The number of nitrogens with zero attached hydrogens (tertiary/aromatic N) is 1. The molecule has 0 aliphatic carbocycles. The van der Waals surface area contributed by atoms with Gasteiger partial charge in [0.2, 0.25) is 5.90 Å². The molecule has 4 nitrogen and oxygen atoms in total. The molecule has 4 heteroatoms. The third-order valence-electron chi connectivity index (χ3n) is 3.20. The monoisotopic (exact) mass is 307 g/mol. The molecule has 0 unspecified atom stereocenters. The summed E-state index contributed by atoms with van der Waals surface area (Å²) in [4.78, 5) is 16.2. The number of ether oxygens (including phenoxy) is 2. The van der Waals surface area contributed by atoms with Gasteiger partial charge in [0, 0.05) is 5.56 Å². The summed E-state index contributed by atoms with van der Waals surface area (Å²) in [5.41, 5.74) is 1.94. The Morgan fingerprint density at radius 3 is 2.39 bits per heavy atom. The normalized spacial score (nSPS) is 15.7. The highest BCUT2D eigenvalue weighted by molar-refractivity contribution is 6.12. The van der Waals surface area contributed by atoms with Gasteiger partial charge in [0.05, 0.1) is 6.10 Å². The number of esters is 1. The third-order valence-corrected chi connectivity index (χ3v) is 3.20. The van der Waals surface area contributed by atoms with E-state index in [0.717, 1.165) is 16.9 Å². The van der Waals surface area contributed by atoms with Crippen molar-refractivity contribution in [1.29, 1.82) is 0 Å². The Bertz CT molecular complexity index is 759. The molecule has 0 amide bonds. The lowest BCUT2D eigenvalue weighted by molar-refractivity contribution is -0.129. The molecular weight excluding hydrogens is 290 g/mol. The maximum absolute atomic E-state index is 11.9. The first-order valence-corrected chi connectivity index (χ1v) is 7.46. The summed E-state index contributed by atoms with van der Waals surface area (Å²) in [5, 5.41) is 0. The highest BCUT2D eigenvalue weighted by atomic mass is 16.6. The van der Waals surface area contributed by atoms with Crippen LogP contribution in [0.2, 0.25) is 0 Å². The van der Waals surface area contributed by atoms with Crippen LogP contribution in [0.3, 0.4) is 0 Å². The summed E-state index contributed by atoms with van der Waals surface area (Å²) in [6.07, 6.45) is 1.83. The van der Waals surface area contributed by atoms with Crippen LogP contribution in [0, 0.1) is 0 Å². The lowest BCUT2D eigenvalue weighted by Gasteiger charge is -2.09. The van der Waals surface area contributed by atoms with Crippen molar-refractivity contribution in [1.82, 2.24) is 0 Å². The minimum Gasteiger partial charge on any atom is -0.491 e. The molecule has 0 N–H and O–H groups in total. The topological polar surface area (TPSA) is 47.9 Å². The van der Waals surface area contributed by atoms with E-state index in [1.165, 1.54) is 0 Å². The van der Waals surface area contributed by atoms with Gasteiger partial charge >= 0.3 is 5.97 Å². The summed E-state index contributed by atoms with van der Waals surface area (Å²) in [7, 11) is 0. The van der Waals surface area contributed by atoms with Gasteiger partial charge in [-0.25, -0.2) is 9.79 Å². The Balaban J connectivity index is 1.82. The van der Waals surface area contributed by atoms with Crippen LogP contribution in [0.5, 0.6) is 5.75 Å². The Kier molecular flexibility index (Phi) is 4.24. The molecule has 0 bridgehead atoms. The lowest BCUT2D eigenvalue weighted by Crippen LogP contribution is -2.05. The summed E-state index contributed by atoms with van der Waals surface area (Å²) in [6.45, 7) is 3.95. The fourth-order valence-corrected chi connectivity index (χ4v) is 2.19. The molecule has 0 radical (unpaired) electrons. The van der Waals surface area contributed by atoms with Crippen LogP contribution in [-0.2, 0) is 9.53 Å². The average molecular weight is 307 g/mol. The number of carbonyl (C=O) groups excluding carboxylic acids is 1. The van der Waals surface area contributed by atoms with Crippen LogP contribution >= 0.6 is 0 Å². The molecule has 0 aromatic heterocycles. The number of hydrogen-bond donors (Lipinski definition) is 0. The van der Waals surface area contributed by atoms with Gasteiger partial charge in [-0.2, -0.15) is 0 Å². The summed E-state index contributed by atoms with van der Waals surface area (Å²) >= 11 is 0. The molecule has 0 fully saturated rings. The predicted octanol–water partition coefficient (Wildman–Crippen LogP) is 3.82. The van der Waals surface area contributed by atoms with E-state index in [2.05, 4.69) is 4.99 Å². The zero-order chi connectivity index (χ0) is 16.2. The van der Waals surface area contributed by atoms with E-state index >= 15 is 0 Å². The van der Waals surface area contributed by atoms with E-state index < -0.39 is 5.97 Å². The minimum absolute atomic E-state index is 0.127. The molecule has 2 aromatic carbocycles. The minimum atomic E-state index is -0.439. The first kappa shape index (κ1) is 15.0. The fourth-order valence-electron chi connectivity index (χ4n) is 2.19. The van der Waals surface area contributed by atoms with Crippen molar-refractivity contribution >= 4 is 17.9 Å². The molecule has 2 aromatic rings. The zero-order valence-corrected chi connectivity index (χ0v) is 13.0. The van der Waals surface area contributed by atoms with Gasteiger partial charge < -0.3 is 9.47 Å². The highest BCUT2D eigenvalue weighted by Gasteiger charge is 2.23. The molecule has 0 saturated carbocycles. The quantitative estimate of drug-likeness (QED) is 0.637. The molecule has 0 spiro atoms. The molecule has 1 heterocycles. The number of rotatable bonds is 4. The van der Waals surface area contributed by atoms with Gasteiger partial charge in [0.25, 0.3) is 0 Å². The van der Waals surface area contributed by atoms with Crippen molar-refractivity contribution < 1.29 is 14.3 Å². The maximum Gasteiger partial charge on any atom is 0.363 e. The molecule has 1 aliphatic heterocycles. The first-order valence-electron chi connectivity index (χ1n) is 7.46. The van der Waals surface area contributed by atoms with Crippen LogP contribution in [0.1, 0.15) is 25.0 Å². The van der Waals surface area contributed by atoms with E-state index in [1.807, 2.05) is 68.4 Å². The second-order valence-corrected chi connectivity index (χ2v) is 5.44. The number of benzene rings is 2. The van der Waals surface area contributed by atoms with Crippen LogP contribution in [0.15, 0.2) is 65.3 Å². The van der Waals surface area contributed by atoms with Crippen LogP contribution < -0.4 is 4.74 Å². The second-order valence-electron chi connectivity index (χ2n) is 5.44. The van der Waals surface area contributed by atoms with Crippen LogP contribution in [0.25, 0.3) is 6.08 Å². The van der Waals surface area contributed by atoms with E-state index in [9.17, 15) is 4.79 Å². The average Bonchev–Trinajstić information content (AvgIpc) is 2.91. The van der Waals surface area contributed by atoms with Gasteiger partial charge in [0.15, 0.2) is 5.70 Å². The largest absolute Gasteiger partial charge is 0.491 e. The predicted molar refractivity (Wildman–Crippen MR) is 89.3 cm³/mol. The maximum atomic E-state index is 11.9. The Hall–Kier alpha value is -2.88. The van der Waals surface area contributed by atoms with Gasteiger partial charge in [-0.05, 0) is 49.8 Å². The van der Waals surface area contributed by atoms with Crippen molar-refractivity contribution in [3.05, 3.63) is 71.4 Å². The highest BCUT2D eigenvalue weighted by Crippen LogP contribution is 2.20. The number of carbonyl (C=O) groups is 1. The van der Waals surface area contributed by atoms with Crippen molar-refractivity contribution in [2.75, 3.05) is 0 Å². The van der Waals surface area contributed by atoms with E-state index in [0.29, 0.717) is 11.6 Å². The summed E-state index contributed by atoms with van der Waals surface area (Å²) in [6, 6.07) is 16.9. The van der Waals surface area contributed by atoms with Gasteiger partial charge in [-0.3, -0.25) is 0 Å². The van der Waals surface area contributed by atoms with Gasteiger partial charge in [-0.1, -0.05) is 30.3 Å². The standard InChI is InChI=1S/C19H17NO3/c1-13(2)22-16-10-8-14(9-11-16)12-17-19(21)23-18(20-17)15-6-4-3-5-7-15/h3-13H,1-2H3/b17-12+. The molecule has 23 heavy (non-hydrogen) atoms. The molecular formula is C19H17NO3. The number of hydrogen-bond acceptors (Lipinski definition) is 4.